The molecule has 184 valence electrons. The van der Waals surface area contributed by atoms with Gasteiger partial charge >= 0.3 is 0 Å². The zero-order valence-corrected chi connectivity index (χ0v) is 19.8. The lowest BCUT2D eigenvalue weighted by Gasteiger charge is -2.36. The molecule has 0 bridgehead atoms. The van der Waals surface area contributed by atoms with Crippen molar-refractivity contribution in [3.63, 3.8) is 0 Å². The van der Waals surface area contributed by atoms with Crippen molar-refractivity contribution in [3.8, 4) is 0 Å². The number of carbonyl (C=O) groups is 2. The number of nitrogens with two attached hydrogens (primary N) is 1. The number of hydrogen-bond donors (Lipinski definition) is 1. The van der Waals surface area contributed by atoms with Crippen LogP contribution in [0.3, 0.4) is 0 Å². The maximum Gasteiger partial charge on any atom is 0.278 e. The number of carbonyl (C=O) groups excluding carboxylic acids is 2. The molecular formula is C27H31FN4O3. The SMILES string of the molecule is NC(=O)C1CCC(N2C(=NC(=O)c3ccc(F)cc3)Cc3ccc(CN4CCOCC4)cc32)CC1. The Morgan fingerprint density at radius 3 is 2.43 bits per heavy atom. The number of fused-ring (bicyclic) bond motifs is 1. The minimum absolute atomic E-state index is 0.0952. The second-order valence-corrected chi connectivity index (χ2v) is 9.65. The predicted molar refractivity (Wildman–Crippen MR) is 132 cm³/mol. The molecule has 5 rings (SSSR count). The molecule has 2 fully saturated rings. The molecule has 2 aromatic rings. The van der Waals surface area contributed by atoms with E-state index in [0.29, 0.717) is 17.8 Å². The van der Waals surface area contributed by atoms with Gasteiger partial charge in [-0.2, -0.15) is 4.99 Å². The first-order valence-corrected chi connectivity index (χ1v) is 12.4. The number of aliphatic imine (C=N–C) groups is 1. The van der Waals surface area contributed by atoms with Crippen LogP contribution in [0.5, 0.6) is 0 Å². The summed E-state index contributed by atoms with van der Waals surface area (Å²) in [5, 5.41) is 0. The molecule has 7 nitrogen and oxygen atoms in total. The number of ether oxygens (including phenoxy) is 1. The molecule has 1 saturated heterocycles. The first-order chi connectivity index (χ1) is 17.0. The van der Waals surface area contributed by atoms with Gasteiger partial charge < -0.3 is 15.4 Å². The van der Waals surface area contributed by atoms with E-state index in [2.05, 4.69) is 33.0 Å². The molecule has 2 amide bonds. The highest BCUT2D eigenvalue weighted by Gasteiger charge is 2.36. The van der Waals surface area contributed by atoms with Crippen LogP contribution in [0.15, 0.2) is 47.5 Å². The molecular weight excluding hydrogens is 447 g/mol. The number of anilines is 1. The number of primary amides is 1. The van der Waals surface area contributed by atoms with Gasteiger partial charge in [0.1, 0.15) is 11.7 Å². The van der Waals surface area contributed by atoms with Crippen molar-refractivity contribution in [3.05, 3.63) is 65.0 Å². The zero-order valence-electron chi connectivity index (χ0n) is 19.8. The van der Waals surface area contributed by atoms with Crippen molar-refractivity contribution < 1.29 is 18.7 Å². The van der Waals surface area contributed by atoms with Gasteiger partial charge in [0.25, 0.3) is 5.91 Å². The second kappa shape index (κ2) is 10.3. The summed E-state index contributed by atoms with van der Waals surface area (Å²) in [6, 6.07) is 12.1. The maximum atomic E-state index is 13.3. The third kappa shape index (κ3) is 5.28. The molecule has 2 heterocycles. The highest BCUT2D eigenvalue weighted by Crippen LogP contribution is 2.38. The van der Waals surface area contributed by atoms with E-state index < -0.39 is 0 Å². The summed E-state index contributed by atoms with van der Waals surface area (Å²) in [6.45, 7) is 4.18. The van der Waals surface area contributed by atoms with E-state index in [-0.39, 0.29) is 29.6 Å². The Balaban J connectivity index is 1.43. The van der Waals surface area contributed by atoms with Gasteiger partial charge in [0.15, 0.2) is 0 Å². The molecule has 0 aromatic heterocycles. The van der Waals surface area contributed by atoms with E-state index in [4.69, 9.17) is 10.5 Å². The highest BCUT2D eigenvalue weighted by molar-refractivity contribution is 6.12. The van der Waals surface area contributed by atoms with Crippen LogP contribution in [0.25, 0.3) is 0 Å². The molecule has 3 aliphatic rings. The van der Waals surface area contributed by atoms with E-state index >= 15 is 0 Å². The van der Waals surface area contributed by atoms with Gasteiger partial charge in [0.05, 0.1) is 13.2 Å². The van der Waals surface area contributed by atoms with E-state index in [9.17, 15) is 14.0 Å². The molecule has 8 heteroatoms. The molecule has 0 radical (unpaired) electrons. The molecule has 0 atom stereocenters. The minimum Gasteiger partial charge on any atom is -0.379 e. The topological polar surface area (TPSA) is 88.2 Å². The van der Waals surface area contributed by atoms with Gasteiger partial charge in [-0.05, 0) is 67.1 Å². The number of amides is 2. The van der Waals surface area contributed by atoms with E-state index in [1.54, 1.807) is 0 Å². The fourth-order valence-corrected chi connectivity index (χ4v) is 5.39. The maximum absolute atomic E-state index is 13.3. The largest absolute Gasteiger partial charge is 0.379 e. The number of halogens is 1. The molecule has 0 spiro atoms. The standard InChI is InChI=1S/C27H31FN4O3/c28-22-7-3-20(4-8-22)27(34)30-25-16-21-2-1-18(17-31-11-13-35-14-12-31)15-24(21)32(25)23-9-5-19(6-10-23)26(29)33/h1-4,7-8,15,19,23H,5-6,9-14,16-17H2,(H2,29,33). The molecule has 1 saturated carbocycles. The van der Waals surface area contributed by atoms with Crippen LogP contribution < -0.4 is 10.6 Å². The van der Waals surface area contributed by atoms with E-state index in [1.807, 2.05) is 0 Å². The van der Waals surface area contributed by atoms with Crippen LogP contribution in [0.1, 0.15) is 47.2 Å². The van der Waals surface area contributed by atoms with Crippen molar-refractivity contribution >= 4 is 23.3 Å². The predicted octanol–water partition coefficient (Wildman–Crippen LogP) is 3.30. The van der Waals surface area contributed by atoms with Crippen molar-refractivity contribution in [2.75, 3.05) is 31.2 Å². The summed E-state index contributed by atoms with van der Waals surface area (Å²) in [7, 11) is 0. The quantitative estimate of drug-likeness (QED) is 0.713. The first-order valence-electron chi connectivity index (χ1n) is 12.4. The average Bonchev–Trinajstić information content (AvgIpc) is 3.22. The Kier molecular flexibility index (Phi) is 6.92. The smallest absolute Gasteiger partial charge is 0.278 e. The Labute approximate surface area is 204 Å². The highest BCUT2D eigenvalue weighted by atomic mass is 19.1. The average molecular weight is 479 g/mol. The lowest BCUT2D eigenvalue weighted by atomic mass is 9.85. The normalized spacial score (nSPS) is 23.9. The molecule has 1 aliphatic carbocycles. The summed E-state index contributed by atoms with van der Waals surface area (Å²) in [6.07, 6.45) is 3.65. The third-order valence-electron chi connectivity index (χ3n) is 7.33. The van der Waals surface area contributed by atoms with E-state index in [1.165, 1.54) is 29.8 Å². The summed E-state index contributed by atoms with van der Waals surface area (Å²) in [4.78, 5) is 33.8. The van der Waals surface area contributed by atoms with Gasteiger partial charge in [-0.1, -0.05) is 12.1 Å². The summed E-state index contributed by atoms with van der Waals surface area (Å²) < 4.78 is 18.8. The van der Waals surface area contributed by atoms with Crippen LogP contribution in [-0.2, 0) is 22.5 Å². The number of rotatable bonds is 5. The Morgan fingerprint density at radius 2 is 1.74 bits per heavy atom. The molecule has 2 aromatic carbocycles. The summed E-state index contributed by atoms with van der Waals surface area (Å²) >= 11 is 0. The zero-order chi connectivity index (χ0) is 24.4. The fourth-order valence-electron chi connectivity index (χ4n) is 5.39. The number of benzene rings is 2. The number of amidine groups is 1. The second-order valence-electron chi connectivity index (χ2n) is 9.65. The fraction of sp³-hybridized carbons (Fsp3) is 0.444. The van der Waals surface area contributed by atoms with Crippen LogP contribution in [0.4, 0.5) is 10.1 Å². The third-order valence-corrected chi connectivity index (χ3v) is 7.33. The summed E-state index contributed by atoms with van der Waals surface area (Å²) in [5.41, 5.74) is 9.36. The summed E-state index contributed by atoms with van der Waals surface area (Å²) in [5.74, 6) is -0.388. The Hall–Kier alpha value is -3.10. The minimum atomic E-state index is -0.386. The van der Waals surface area contributed by atoms with Crippen LogP contribution in [0.2, 0.25) is 0 Å². The van der Waals surface area contributed by atoms with E-state index in [0.717, 1.165) is 69.8 Å². The first kappa shape index (κ1) is 23.6. The number of morpholine rings is 1. The van der Waals surface area contributed by atoms with Gasteiger partial charge in [0.2, 0.25) is 5.91 Å². The van der Waals surface area contributed by atoms with Crippen molar-refractivity contribution in [2.24, 2.45) is 16.6 Å². The van der Waals surface area contributed by atoms with Gasteiger partial charge in [-0.15, -0.1) is 0 Å². The molecule has 35 heavy (non-hydrogen) atoms. The Bertz CT molecular complexity index is 1120. The molecule has 2 aliphatic heterocycles. The molecule has 2 N–H and O–H groups in total. The van der Waals surface area contributed by atoms with Crippen molar-refractivity contribution in [1.82, 2.24) is 4.90 Å². The van der Waals surface area contributed by atoms with Crippen LogP contribution in [0, 0.1) is 11.7 Å². The lowest BCUT2D eigenvalue weighted by molar-refractivity contribution is -0.122. The lowest BCUT2D eigenvalue weighted by Crippen LogP contribution is -2.42. The Morgan fingerprint density at radius 1 is 1.03 bits per heavy atom. The van der Waals surface area contributed by atoms with Crippen LogP contribution in [-0.4, -0.2) is 54.9 Å². The van der Waals surface area contributed by atoms with Gasteiger partial charge in [0, 0.05) is 49.3 Å². The molecule has 0 unspecified atom stereocenters. The van der Waals surface area contributed by atoms with Crippen molar-refractivity contribution in [1.29, 1.82) is 0 Å². The van der Waals surface area contributed by atoms with Crippen molar-refractivity contribution in [2.45, 2.75) is 44.7 Å². The van der Waals surface area contributed by atoms with Crippen LogP contribution >= 0.6 is 0 Å². The monoisotopic (exact) mass is 478 g/mol. The number of nitrogens with zero attached hydrogens (tertiary/aromatic N) is 3. The van der Waals surface area contributed by atoms with Gasteiger partial charge in [-0.3, -0.25) is 14.5 Å². The van der Waals surface area contributed by atoms with Gasteiger partial charge in [-0.25, -0.2) is 4.39 Å². The number of hydrogen-bond acceptors (Lipinski definition) is 4.